The number of rotatable bonds is 7. The predicted octanol–water partition coefficient (Wildman–Crippen LogP) is 2.99. The zero-order chi connectivity index (χ0) is 16.0. The molecule has 0 spiro atoms. The first kappa shape index (κ1) is 16.3. The van der Waals surface area contributed by atoms with Crippen LogP contribution < -0.4 is 9.47 Å². The van der Waals surface area contributed by atoms with Crippen molar-refractivity contribution in [3.63, 3.8) is 0 Å². The van der Waals surface area contributed by atoms with E-state index in [1.165, 1.54) is 6.92 Å². The molecule has 0 aliphatic carbocycles. The van der Waals surface area contributed by atoms with E-state index in [9.17, 15) is 10.2 Å². The summed E-state index contributed by atoms with van der Waals surface area (Å²) in [6.45, 7) is 3.32. The Morgan fingerprint density at radius 2 is 1.45 bits per heavy atom. The van der Waals surface area contributed by atoms with Gasteiger partial charge in [-0.25, -0.2) is 0 Å². The molecule has 2 rings (SSSR count). The van der Waals surface area contributed by atoms with Gasteiger partial charge in [0.25, 0.3) is 0 Å². The molecule has 0 bridgehead atoms. The van der Waals surface area contributed by atoms with Crippen LogP contribution in [0.4, 0.5) is 0 Å². The Morgan fingerprint density at radius 1 is 0.955 bits per heavy atom. The van der Waals surface area contributed by atoms with E-state index in [-0.39, 0.29) is 0 Å². The minimum atomic E-state index is -1.67. The molecular weight excluding hydrogens is 280 g/mol. The quantitative estimate of drug-likeness (QED) is 0.772. The molecular formula is C18H22O4. The highest BCUT2D eigenvalue weighted by molar-refractivity contribution is 5.23. The summed E-state index contributed by atoms with van der Waals surface area (Å²) in [5.74, 6) is -0.596. The third-order valence-corrected chi connectivity index (χ3v) is 3.37. The van der Waals surface area contributed by atoms with Crippen LogP contribution in [0.2, 0.25) is 0 Å². The van der Waals surface area contributed by atoms with Crippen molar-refractivity contribution in [3.8, 4) is 11.5 Å². The van der Waals surface area contributed by atoms with Crippen molar-refractivity contribution in [1.29, 1.82) is 0 Å². The fraction of sp³-hybridized carbons (Fsp3) is 0.333. The minimum Gasteiger partial charge on any atom is -0.481 e. The average Bonchev–Trinajstić information content (AvgIpc) is 2.53. The zero-order valence-electron chi connectivity index (χ0n) is 12.8. The Kier molecular flexibility index (Phi) is 5.41. The molecule has 0 saturated carbocycles. The molecule has 2 aromatic carbocycles. The van der Waals surface area contributed by atoms with Gasteiger partial charge in [-0.2, -0.15) is 0 Å². The Balaban J connectivity index is 2.19. The van der Waals surface area contributed by atoms with Crippen molar-refractivity contribution in [3.05, 3.63) is 60.7 Å². The van der Waals surface area contributed by atoms with Gasteiger partial charge in [0.15, 0.2) is 6.10 Å². The van der Waals surface area contributed by atoms with E-state index < -0.39 is 18.0 Å². The lowest BCUT2D eigenvalue weighted by Crippen LogP contribution is -2.54. The van der Waals surface area contributed by atoms with Crippen LogP contribution in [0.3, 0.4) is 0 Å². The number of hydrogen-bond donors (Lipinski definition) is 2. The van der Waals surface area contributed by atoms with Crippen LogP contribution in [0.15, 0.2) is 60.7 Å². The zero-order valence-corrected chi connectivity index (χ0v) is 12.8. The van der Waals surface area contributed by atoms with Gasteiger partial charge in [-0.05, 0) is 30.7 Å². The smallest absolute Gasteiger partial charge is 0.245 e. The standard InChI is InChI=1S/C18H22O4/c1-3-16(19)17(21-14-10-6-4-7-11-14)18(2,20)22-15-12-8-5-9-13-15/h4-13,16-17,19-20H,3H2,1-2H3. The number of aliphatic hydroxyl groups is 2. The molecule has 3 unspecified atom stereocenters. The molecule has 22 heavy (non-hydrogen) atoms. The van der Waals surface area contributed by atoms with Crippen molar-refractivity contribution < 1.29 is 19.7 Å². The fourth-order valence-corrected chi connectivity index (χ4v) is 2.19. The monoisotopic (exact) mass is 302 g/mol. The summed E-state index contributed by atoms with van der Waals surface area (Å²) in [6.07, 6.45) is -1.34. The van der Waals surface area contributed by atoms with Gasteiger partial charge in [-0.1, -0.05) is 43.3 Å². The maximum Gasteiger partial charge on any atom is 0.245 e. The molecule has 118 valence electrons. The molecule has 4 nitrogen and oxygen atoms in total. The molecule has 0 aliphatic heterocycles. The van der Waals surface area contributed by atoms with Crippen molar-refractivity contribution in [2.75, 3.05) is 0 Å². The molecule has 0 amide bonds. The first-order chi connectivity index (χ1) is 10.5. The first-order valence-corrected chi connectivity index (χ1v) is 7.39. The summed E-state index contributed by atoms with van der Waals surface area (Å²) in [5.41, 5.74) is 0. The highest BCUT2D eigenvalue weighted by Crippen LogP contribution is 2.25. The van der Waals surface area contributed by atoms with Crippen LogP contribution in [0.1, 0.15) is 20.3 Å². The second-order valence-electron chi connectivity index (χ2n) is 5.30. The fourth-order valence-electron chi connectivity index (χ4n) is 2.19. The lowest BCUT2D eigenvalue weighted by atomic mass is 10.0. The molecule has 0 aliphatic rings. The van der Waals surface area contributed by atoms with E-state index in [2.05, 4.69) is 0 Å². The van der Waals surface area contributed by atoms with Gasteiger partial charge in [0, 0.05) is 6.92 Å². The highest BCUT2D eigenvalue weighted by atomic mass is 16.7. The second kappa shape index (κ2) is 7.29. The van der Waals surface area contributed by atoms with Crippen molar-refractivity contribution >= 4 is 0 Å². The molecule has 0 saturated heterocycles. The lowest BCUT2D eigenvalue weighted by Gasteiger charge is -2.35. The van der Waals surface area contributed by atoms with Gasteiger partial charge in [0.05, 0.1) is 6.10 Å². The SMILES string of the molecule is CCC(O)C(Oc1ccccc1)C(C)(O)Oc1ccccc1. The van der Waals surface area contributed by atoms with Gasteiger partial charge in [0.2, 0.25) is 5.79 Å². The van der Waals surface area contributed by atoms with Gasteiger partial charge >= 0.3 is 0 Å². The van der Waals surface area contributed by atoms with Gasteiger partial charge in [0.1, 0.15) is 11.5 Å². The van der Waals surface area contributed by atoms with Gasteiger partial charge < -0.3 is 19.7 Å². The predicted molar refractivity (Wildman–Crippen MR) is 84.8 cm³/mol. The summed E-state index contributed by atoms with van der Waals surface area (Å²) >= 11 is 0. The Morgan fingerprint density at radius 3 is 1.95 bits per heavy atom. The Labute approximate surface area is 130 Å². The van der Waals surface area contributed by atoms with E-state index in [1.807, 2.05) is 43.3 Å². The van der Waals surface area contributed by atoms with Crippen LogP contribution in [0, 0.1) is 0 Å². The number of para-hydroxylation sites is 2. The van der Waals surface area contributed by atoms with Crippen LogP contribution in [-0.4, -0.2) is 28.2 Å². The maximum absolute atomic E-state index is 10.7. The molecule has 2 aromatic rings. The normalized spacial score (nSPS) is 16.4. The van der Waals surface area contributed by atoms with Gasteiger partial charge in [-0.3, -0.25) is 0 Å². The highest BCUT2D eigenvalue weighted by Gasteiger charge is 2.41. The number of hydrogen-bond acceptors (Lipinski definition) is 4. The van der Waals surface area contributed by atoms with Crippen molar-refractivity contribution in [2.24, 2.45) is 0 Å². The van der Waals surface area contributed by atoms with E-state index in [0.717, 1.165) is 0 Å². The topological polar surface area (TPSA) is 58.9 Å². The molecule has 4 heteroatoms. The third kappa shape index (κ3) is 4.23. The molecule has 0 heterocycles. The molecule has 0 fully saturated rings. The van der Waals surface area contributed by atoms with Crippen molar-refractivity contribution in [2.45, 2.75) is 38.3 Å². The van der Waals surface area contributed by atoms with Crippen LogP contribution in [-0.2, 0) is 0 Å². The van der Waals surface area contributed by atoms with E-state index in [1.54, 1.807) is 24.3 Å². The molecule has 3 atom stereocenters. The van der Waals surface area contributed by atoms with Crippen molar-refractivity contribution in [1.82, 2.24) is 0 Å². The maximum atomic E-state index is 10.7. The Bertz CT molecular complexity index is 554. The largest absolute Gasteiger partial charge is 0.481 e. The number of aliphatic hydroxyl groups excluding tert-OH is 1. The van der Waals surface area contributed by atoms with E-state index >= 15 is 0 Å². The Hall–Kier alpha value is -2.04. The summed E-state index contributed by atoms with van der Waals surface area (Å²) in [6, 6.07) is 18.1. The summed E-state index contributed by atoms with van der Waals surface area (Å²) < 4.78 is 11.4. The average molecular weight is 302 g/mol. The second-order valence-corrected chi connectivity index (χ2v) is 5.30. The van der Waals surface area contributed by atoms with E-state index in [0.29, 0.717) is 17.9 Å². The van der Waals surface area contributed by atoms with Crippen LogP contribution in [0.5, 0.6) is 11.5 Å². The molecule has 0 aromatic heterocycles. The third-order valence-electron chi connectivity index (χ3n) is 3.37. The number of benzene rings is 2. The summed E-state index contributed by atoms with van der Waals surface area (Å²) in [7, 11) is 0. The molecule has 0 radical (unpaired) electrons. The van der Waals surface area contributed by atoms with Crippen LogP contribution in [0.25, 0.3) is 0 Å². The lowest BCUT2D eigenvalue weighted by molar-refractivity contribution is -0.209. The minimum absolute atomic E-state index is 0.436. The van der Waals surface area contributed by atoms with E-state index in [4.69, 9.17) is 9.47 Å². The number of ether oxygens (including phenoxy) is 2. The first-order valence-electron chi connectivity index (χ1n) is 7.39. The summed E-state index contributed by atoms with van der Waals surface area (Å²) in [4.78, 5) is 0. The molecule has 2 N–H and O–H groups in total. The van der Waals surface area contributed by atoms with Gasteiger partial charge in [-0.15, -0.1) is 0 Å². The summed E-state index contributed by atoms with van der Waals surface area (Å²) in [5, 5.41) is 20.9. The van der Waals surface area contributed by atoms with Crippen LogP contribution >= 0.6 is 0 Å².